The molecule has 0 aliphatic carbocycles. The van der Waals surface area contributed by atoms with Gasteiger partial charge in [0.25, 0.3) is 5.91 Å². The molecule has 0 aromatic heterocycles. The summed E-state index contributed by atoms with van der Waals surface area (Å²) in [5, 5.41) is 19.4. The Balaban J connectivity index is 1.99. The van der Waals surface area contributed by atoms with Gasteiger partial charge in [0.05, 0.1) is 18.2 Å². The Labute approximate surface area is 137 Å². The summed E-state index contributed by atoms with van der Waals surface area (Å²) in [4.78, 5) is 22.9. The van der Waals surface area contributed by atoms with Gasteiger partial charge >= 0.3 is 5.97 Å². The highest BCUT2D eigenvalue weighted by Crippen LogP contribution is 2.23. The molecular formula is C15H15N3O4S. The maximum atomic E-state index is 11.6. The summed E-state index contributed by atoms with van der Waals surface area (Å²) in [6, 6.07) is 7.51. The van der Waals surface area contributed by atoms with E-state index >= 15 is 0 Å². The van der Waals surface area contributed by atoms with Crippen molar-refractivity contribution in [1.29, 1.82) is 0 Å². The van der Waals surface area contributed by atoms with E-state index < -0.39 is 11.9 Å². The molecule has 0 bridgehead atoms. The van der Waals surface area contributed by atoms with Gasteiger partial charge in [-0.25, -0.2) is 4.79 Å². The van der Waals surface area contributed by atoms with Crippen molar-refractivity contribution in [2.75, 3.05) is 13.7 Å². The Morgan fingerprint density at radius 2 is 2.13 bits per heavy atom. The molecule has 1 amide bonds. The maximum Gasteiger partial charge on any atom is 0.331 e. The molecule has 1 aromatic carbocycles. The molecule has 120 valence electrons. The number of carbonyl (C=O) groups is 2. The summed E-state index contributed by atoms with van der Waals surface area (Å²) in [6.45, 7) is 0.111. The lowest BCUT2D eigenvalue weighted by molar-refractivity contribution is -0.135. The number of benzene rings is 1. The fraction of sp³-hybridized carbons (Fsp3) is 0.200. The zero-order valence-corrected chi connectivity index (χ0v) is 13.2. The molecule has 1 aromatic rings. The van der Waals surface area contributed by atoms with E-state index in [0.29, 0.717) is 11.6 Å². The van der Waals surface area contributed by atoms with Crippen molar-refractivity contribution in [2.45, 2.75) is 6.42 Å². The smallest absolute Gasteiger partial charge is 0.331 e. The average Bonchev–Trinajstić information content (AvgIpc) is 2.89. The van der Waals surface area contributed by atoms with Crippen LogP contribution in [0.5, 0.6) is 0 Å². The third-order valence-corrected chi connectivity index (χ3v) is 3.74. The predicted octanol–water partition coefficient (Wildman–Crippen LogP) is 0.831. The number of hydrogen-bond donors (Lipinski definition) is 2. The molecule has 1 heterocycles. The highest BCUT2D eigenvalue weighted by atomic mass is 32.2. The lowest BCUT2D eigenvalue weighted by Gasteiger charge is -1.97. The van der Waals surface area contributed by atoms with Crippen LogP contribution >= 0.6 is 11.8 Å². The fourth-order valence-electron chi connectivity index (χ4n) is 1.69. The van der Waals surface area contributed by atoms with Crippen LogP contribution in [0.4, 0.5) is 0 Å². The van der Waals surface area contributed by atoms with Crippen LogP contribution in [-0.2, 0) is 20.7 Å². The topological polar surface area (TPSA) is 100 Å². The van der Waals surface area contributed by atoms with Gasteiger partial charge in [-0.15, -0.1) is 5.10 Å². The van der Waals surface area contributed by atoms with Crippen LogP contribution in [0.15, 0.2) is 45.4 Å². The van der Waals surface area contributed by atoms with E-state index in [4.69, 9.17) is 5.11 Å². The standard InChI is InChI=1S/C15H15N3O4S/c1-22-13(20)8-12-14(21)17-15(23-12)18-16-9-11-4-2-10(3-5-11)6-7-19/h2-5,8-9,19H,6-7H2,1H3,(H,17,18,21)/b12-8+,16-9?. The van der Waals surface area contributed by atoms with Gasteiger partial charge in [-0.3, -0.25) is 10.1 Å². The largest absolute Gasteiger partial charge is 0.466 e. The number of methoxy groups -OCH3 is 1. The second kappa shape index (κ2) is 8.25. The number of esters is 1. The summed E-state index contributed by atoms with van der Waals surface area (Å²) in [6.07, 6.45) is 3.26. The van der Waals surface area contributed by atoms with Crippen LogP contribution in [0.25, 0.3) is 0 Å². The Kier molecular flexibility index (Phi) is 6.07. The van der Waals surface area contributed by atoms with E-state index in [1.165, 1.54) is 7.11 Å². The highest BCUT2D eigenvalue weighted by Gasteiger charge is 2.24. The Hall–Kier alpha value is -2.45. The monoisotopic (exact) mass is 333 g/mol. The van der Waals surface area contributed by atoms with Crippen molar-refractivity contribution >= 4 is 35.0 Å². The second-order valence-electron chi connectivity index (χ2n) is 4.45. The third-order valence-electron chi connectivity index (χ3n) is 2.84. The van der Waals surface area contributed by atoms with Gasteiger partial charge in [-0.1, -0.05) is 24.3 Å². The Bertz CT molecular complexity index is 680. The lowest BCUT2D eigenvalue weighted by Crippen LogP contribution is -2.19. The lowest BCUT2D eigenvalue weighted by atomic mass is 10.1. The van der Waals surface area contributed by atoms with E-state index in [1.807, 2.05) is 24.3 Å². The molecule has 1 fully saturated rings. The SMILES string of the molecule is COC(=O)/C=C1/S/C(=N\N=Cc2ccc(CCO)cc2)NC1=O. The Morgan fingerprint density at radius 1 is 1.39 bits per heavy atom. The molecule has 0 saturated carbocycles. The number of rotatable bonds is 5. The zero-order valence-electron chi connectivity index (χ0n) is 12.4. The number of nitrogens with one attached hydrogen (secondary N) is 1. The van der Waals surface area contributed by atoms with Crippen molar-refractivity contribution in [3.05, 3.63) is 46.4 Å². The molecule has 7 nitrogen and oxygen atoms in total. The second-order valence-corrected chi connectivity index (χ2v) is 5.48. The first-order valence-electron chi connectivity index (χ1n) is 6.72. The molecule has 0 unspecified atom stereocenters. The van der Waals surface area contributed by atoms with E-state index in [9.17, 15) is 9.59 Å². The number of thioether (sulfide) groups is 1. The summed E-state index contributed by atoms with van der Waals surface area (Å²) < 4.78 is 4.47. The average molecular weight is 333 g/mol. The van der Waals surface area contributed by atoms with Gasteiger partial charge in [-0.2, -0.15) is 5.10 Å². The minimum atomic E-state index is -0.602. The number of amides is 1. The molecule has 23 heavy (non-hydrogen) atoms. The molecule has 2 N–H and O–H groups in total. The normalized spacial score (nSPS) is 17.9. The molecule has 0 radical (unpaired) electrons. The van der Waals surface area contributed by atoms with Crippen LogP contribution in [0.2, 0.25) is 0 Å². The van der Waals surface area contributed by atoms with Crippen molar-refractivity contribution in [1.82, 2.24) is 5.32 Å². The third kappa shape index (κ3) is 5.04. The van der Waals surface area contributed by atoms with Crippen LogP contribution in [0.1, 0.15) is 11.1 Å². The maximum absolute atomic E-state index is 11.6. The summed E-state index contributed by atoms with van der Waals surface area (Å²) in [5.74, 6) is -1.02. The number of nitrogens with zero attached hydrogens (tertiary/aromatic N) is 2. The Morgan fingerprint density at radius 3 is 2.78 bits per heavy atom. The molecule has 1 saturated heterocycles. The van der Waals surface area contributed by atoms with Gasteiger partial charge in [0.1, 0.15) is 0 Å². The molecule has 1 aliphatic heterocycles. The van der Waals surface area contributed by atoms with E-state index in [0.717, 1.165) is 29.0 Å². The molecule has 2 rings (SSSR count). The number of aliphatic hydroxyl groups is 1. The van der Waals surface area contributed by atoms with Crippen molar-refractivity contribution in [3.8, 4) is 0 Å². The van der Waals surface area contributed by atoms with E-state index in [1.54, 1.807) is 6.21 Å². The first-order chi connectivity index (χ1) is 11.1. The van der Waals surface area contributed by atoms with Crippen molar-refractivity contribution in [3.63, 3.8) is 0 Å². The fourth-order valence-corrected chi connectivity index (χ4v) is 2.43. The van der Waals surface area contributed by atoms with Gasteiger partial charge in [0.15, 0.2) is 5.17 Å². The summed E-state index contributed by atoms with van der Waals surface area (Å²) >= 11 is 1.01. The van der Waals surface area contributed by atoms with Crippen LogP contribution in [-0.4, -0.2) is 42.1 Å². The van der Waals surface area contributed by atoms with Gasteiger partial charge in [0, 0.05) is 12.7 Å². The van der Waals surface area contributed by atoms with Crippen LogP contribution < -0.4 is 5.32 Å². The van der Waals surface area contributed by atoms with Crippen molar-refractivity contribution < 1.29 is 19.4 Å². The number of hydrogen-bond acceptors (Lipinski definition) is 7. The molecular weight excluding hydrogens is 318 g/mol. The summed E-state index contributed by atoms with van der Waals surface area (Å²) in [7, 11) is 1.24. The first-order valence-corrected chi connectivity index (χ1v) is 7.53. The number of ether oxygens (including phenoxy) is 1. The van der Waals surface area contributed by atoms with Gasteiger partial charge in [0.2, 0.25) is 0 Å². The minimum absolute atomic E-state index is 0.111. The number of carbonyl (C=O) groups excluding carboxylic acids is 2. The molecule has 1 aliphatic rings. The van der Waals surface area contributed by atoms with Crippen LogP contribution in [0.3, 0.4) is 0 Å². The van der Waals surface area contributed by atoms with E-state index in [2.05, 4.69) is 20.3 Å². The molecule has 0 atom stereocenters. The quantitative estimate of drug-likeness (QED) is 0.360. The number of amidine groups is 1. The van der Waals surface area contributed by atoms with Gasteiger partial charge in [-0.05, 0) is 29.3 Å². The first kappa shape index (κ1) is 16.9. The minimum Gasteiger partial charge on any atom is -0.466 e. The van der Waals surface area contributed by atoms with Crippen molar-refractivity contribution in [2.24, 2.45) is 10.2 Å². The van der Waals surface area contributed by atoms with Crippen LogP contribution in [0, 0.1) is 0 Å². The molecule has 0 spiro atoms. The number of aliphatic hydroxyl groups excluding tert-OH is 1. The predicted molar refractivity (Wildman–Crippen MR) is 88.1 cm³/mol. The van der Waals surface area contributed by atoms with Gasteiger partial charge < -0.3 is 9.84 Å². The molecule has 8 heteroatoms. The summed E-state index contributed by atoms with van der Waals surface area (Å²) in [5.41, 5.74) is 1.88. The van der Waals surface area contributed by atoms with E-state index in [-0.39, 0.29) is 11.5 Å². The zero-order chi connectivity index (χ0) is 16.7. The highest BCUT2D eigenvalue weighted by molar-refractivity contribution is 8.18.